The van der Waals surface area contributed by atoms with Gasteiger partial charge in [0.1, 0.15) is 0 Å². The Hall–Kier alpha value is -2.24. The molecule has 7 heteroatoms. The first-order valence-electron chi connectivity index (χ1n) is 7.65. The zero-order valence-electron chi connectivity index (χ0n) is 14.1. The van der Waals surface area contributed by atoms with Crippen molar-refractivity contribution in [3.05, 3.63) is 69.2 Å². The van der Waals surface area contributed by atoms with E-state index in [1.165, 1.54) is 0 Å². The van der Waals surface area contributed by atoms with Crippen molar-refractivity contribution in [3.8, 4) is 0 Å². The minimum absolute atomic E-state index is 0.442. The van der Waals surface area contributed by atoms with E-state index in [0.717, 1.165) is 17.1 Å². The van der Waals surface area contributed by atoms with Crippen molar-refractivity contribution in [3.63, 3.8) is 0 Å². The van der Waals surface area contributed by atoms with Crippen LogP contribution < -0.4 is 11.1 Å². The van der Waals surface area contributed by atoms with Gasteiger partial charge in [-0.05, 0) is 35.4 Å². The van der Waals surface area contributed by atoms with E-state index in [0.29, 0.717) is 28.7 Å². The summed E-state index contributed by atoms with van der Waals surface area (Å²) in [5, 5.41) is 4.32. The Labute approximate surface area is 157 Å². The third-order valence-electron chi connectivity index (χ3n) is 3.64. The summed E-state index contributed by atoms with van der Waals surface area (Å²) >= 11 is 12.0. The van der Waals surface area contributed by atoms with Gasteiger partial charge in [-0.25, -0.2) is 0 Å². The van der Waals surface area contributed by atoms with Gasteiger partial charge in [0, 0.05) is 32.7 Å². The number of hydrogen-bond acceptors (Lipinski definition) is 2. The molecule has 2 aromatic carbocycles. The molecule has 0 atom stereocenters. The zero-order valence-corrected chi connectivity index (χ0v) is 15.6. The van der Waals surface area contributed by atoms with E-state index >= 15 is 0 Å². The number of rotatable bonds is 5. The molecule has 3 N–H and O–H groups in total. The maximum Gasteiger partial charge on any atom is 0.248 e. The van der Waals surface area contributed by atoms with Crippen molar-refractivity contribution in [2.45, 2.75) is 13.1 Å². The van der Waals surface area contributed by atoms with Gasteiger partial charge in [0.25, 0.3) is 0 Å². The molecule has 0 saturated heterocycles. The summed E-state index contributed by atoms with van der Waals surface area (Å²) in [6.07, 6.45) is 0. The van der Waals surface area contributed by atoms with E-state index < -0.39 is 5.91 Å². The lowest BCUT2D eigenvalue weighted by Gasteiger charge is -2.22. The van der Waals surface area contributed by atoms with Crippen LogP contribution in [0.15, 0.2) is 47.5 Å². The fourth-order valence-corrected chi connectivity index (χ4v) is 2.71. The predicted octanol–water partition coefficient (Wildman–Crippen LogP) is 3.30. The number of nitrogens with two attached hydrogens (primary N) is 1. The lowest BCUT2D eigenvalue weighted by atomic mass is 10.1. The molecule has 2 aromatic rings. The number of carbonyl (C=O) groups is 1. The van der Waals surface area contributed by atoms with Crippen LogP contribution in [-0.4, -0.2) is 30.9 Å². The first-order valence-corrected chi connectivity index (χ1v) is 8.40. The summed E-state index contributed by atoms with van der Waals surface area (Å²) in [6.45, 7) is 1.15. The Morgan fingerprint density at radius 1 is 1.16 bits per heavy atom. The third-order valence-corrected chi connectivity index (χ3v) is 4.38. The number of nitrogens with zero attached hydrogens (tertiary/aromatic N) is 2. The summed E-state index contributed by atoms with van der Waals surface area (Å²) in [6, 6.07) is 12.7. The van der Waals surface area contributed by atoms with E-state index in [-0.39, 0.29) is 0 Å². The average Bonchev–Trinajstić information content (AvgIpc) is 2.59. The Balaban J connectivity index is 2.00. The molecule has 5 nitrogen and oxygen atoms in total. The number of primary amides is 1. The molecule has 0 aliphatic heterocycles. The molecule has 0 bridgehead atoms. The monoisotopic (exact) mass is 378 g/mol. The Bertz CT molecular complexity index is 792. The SMILES string of the molecule is CN=C(NCc1cccc(C(N)=O)c1)N(C)Cc1ccc(Cl)c(Cl)c1. The van der Waals surface area contributed by atoms with E-state index in [4.69, 9.17) is 28.9 Å². The van der Waals surface area contributed by atoms with Gasteiger partial charge >= 0.3 is 0 Å². The van der Waals surface area contributed by atoms with Gasteiger partial charge in [-0.15, -0.1) is 0 Å². The van der Waals surface area contributed by atoms with Crippen LogP contribution in [0.2, 0.25) is 10.0 Å². The highest BCUT2D eigenvalue weighted by atomic mass is 35.5. The number of nitrogens with one attached hydrogen (secondary N) is 1. The van der Waals surface area contributed by atoms with Crippen molar-refractivity contribution in [1.82, 2.24) is 10.2 Å². The zero-order chi connectivity index (χ0) is 18.4. The van der Waals surface area contributed by atoms with Gasteiger partial charge < -0.3 is 16.0 Å². The van der Waals surface area contributed by atoms with Crippen LogP contribution in [0.5, 0.6) is 0 Å². The van der Waals surface area contributed by atoms with Crippen molar-refractivity contribution < 1.29 is 4.79 Å². The predicted molar refractivity (Wildman–Crippen MR) is 103 cm³/mol. The fourth-order valence-electron chi connectivity index (χ4n) is 2.39. The van der Waals surface area contributed by atoms with E-state index in [9.17, 15) is 4.79 Å². The lowest BCUT2D eigenvalue weighted by Crippen LogP contribution is -2.38. The van der Waals surface area contributed by atoms with Crippen LogP contribution in [0.25, 0.3) is 0 Å². The van der Waals surface area contributed by atoms with Crippen LogP contribution in [-0.2, 0) is 13.1 Å². The second kappa shape index (κ2) is 8.74. The number of aliphatic imine (C=N–C) groups is 1. The van der Waals surface area contributed by atoms with Crippen LogP contribution in [0.4, 0.5) is 0 Å². The van der Waals surface area contributed by atoms with Crippen LogP contribution >= 0.6 is 23.2 Å². The molecule has 0 radical (unpaired) electrons. The standard InChI is InChI=1S/C18H20Cl2N4O/c1-22-18(23-10-12-4-3-5-14(8-12)17(21)25)24(2)11-13-6-7-15(19)16(20)9-13/h3-9H,10-11H2,1-2H3,(H2,21,25)(H,22,23). The van der Waals surface area contributed by atoms with E-state index in [1.54, 1.807) is 31.3 Å². The first-order chi connectivity index (χ1) is 11.9. The molecular weight excluding hydrogens is 359 g/mol. The highest BCUT2D eigenvalue weighted by molar-refractivity contribution is 6.42. The minimum atomic E-state index is -0.442. The molecule has 0 aromatic heterocycles. The maximum absolute atomic E-state index is 11.3. The molecule has 0 saturated carbocycles. The van der Waals surface area contributed by atoms with Crippen molar-refractivity contribution in [2.75, 3.05) is 14.1 Å². The Morgan fingerprint density at radius 2 is 1.92 bits per heavy atom. The highest BCUT2D eigenvalue weighted by Gasteiger charge is 2.09. The number of carbonyl (C=O) groups excluding carboxylic acids is 1. The number of benzene rings is 2. The molecule has 0 heterocycles. The summed E-state index contributed by atoms with van der Waals surface area (Å²) < 4.78 is 0. The van der Waals surface area contributed by atoms with Gasteiger partial charge in [0.05, 0.1) is 10.0 Å². The summed E-state index contributed by atoms with van der Waals surface area (Å²) in [4.78, 5) is 17.5. The molecule has 0 aliphatic rings. The number of guanidine groups is 1. The van der Waals surface area contributed by atoms with Crippen molar-refractivity contribution in [2.24, 2.45) is 10.7 Å². The molecule has 0 spiro atoms. The van der Waals surface area contributed by atoms with Gasteiger partial charge in [-0.1, -0.05) is 41.4 Å². The van der Waals surface area contributed by atoms with E-state index in [1.807, 2.05) is 30.1 Å². The Kier molecular flexibility index (Phi) is 6.67. The highest BCUT2D eigenvalue weighted by Crippen LogP contribution is 2.23. The lowest BCUT2D eigenvalue weighted by molar-refractivity contribution is 0.1000. The smallest absolute Gasteiger partial charge is 0.248 e. The van der Waals surface area contributed by atoms with Crippen LogP contribution in [0, 0.1) is 0 Å². The van der Waals surface area contributed by atoms with Crippen LogP contribution in [0.3, 0.4) is 0 Å². The Morgan fingerprint density at radius 3 is 2.56 bits per heavy atom. The first kappa shape index (κ1) is 19.1. The second-order valence-electron chi connectivity index (χ2n) is 5.57. The van der Waals surface area contributed by atoms with Gasteiger partial charge in [0.15, 0.2) is 5.96 Å². The quantitative estimate of drug-likeness (QED) is 0.619. The summed E-state index contributed by atoms with van der Waals surface area (Å²) in [7, 11) is 3.64. The molecular formula is C18H20Cl2N4O. The normalized spacial score (nSPS) is 11.3. The molecule has 25 heavy (non-hydrogen) atoms. The third kappa shape index (κ3) is 5.37. The van der Waals surface area contributed by atoms with Crippen LogP contribution in [0.1, 0.15) is 21.5 Å². The fraction of sp³-hybridized carbons (Fsp3) is 0.222. The number of hydrogen-bond donors (Lipinski definition) is 2. The number of amides is 1. The maximum atomic E-state index is 11.3. The molecule has 1 amide bonds. The molecule has 0 aliphatic carbocycles. The van der Waals surface area contributed by atoms with E-state index in [2.05, 4.69) is 10.3 Å². The summed E-state index contributed by atoms with van der Waals surface area (Å²) in [5.74, 6) is 0.276. The minimum Gasteiger partial charge on any atom is -0.366 e. The summed E-state index contributed by atoms with van der Waals surface area (Å²) in [5.41, 5.74) is 7.76. The molecule has 0 unspecified atom stereocenters. The molecule has 132 valence electrons. The second-order valence-corrected chi connectivity index (χ2v) is 6.38. The largest absolute Gasteiger partial charge is 0.366 e. The van der Waals surface area contributed by atoms with Gasteiger partial charge in [0.2, 0.25) is 5.91 Å². The molecule has 2 rings (SSSR count). The van der Waals surface area contributed by atoms with Crippen molar-refractivity contribution in [1.29, 1.82) is 0 Å². The van der Waals surface area contributed by atoms with Gasteiger partial charge in [-0.3, -0.25) is 9.79 Å². The molecule has 0 fully saturated rings. The van der Waals surface area contributed by atoms with Gasteiger partial charge in [-0.2, -0.15) is 0 Å². The van der Waals surface area contributed by atoms with Crippen molar-refractivity contribution >= 4 is 35.1 Å². The number of halogens is 2. The topological polar surface area (TPSA) is 70.7 Å². The average molecular weight is 379 g/mol.